The fraction of sp³-hybridized carbons (Fsp3) is 0.696. The van der Waals surface area contributed by atoms with Crippen LogP contribution < -0.4 is 0 Å². The maximum Gasteiger partial charge on any atom is 0.410 e. The van der Waals surface area contributed by atoms with Gasteiger partial charge in [-0.2, -0.15) is 0 Å². The minimum Gasteiger partial charge on any atom is -0.447 e. The molecule has 7 heteroatoms. The zero-order valence-electron chi connectivity index (χ0n) is 20.0. The third-order valence-corrected chi connectivity index (χ3v) is 10.4. The number of hydrogen-bond donors (Lipinski definition) is 2. The number of ether oxygens (including phenoxy) is 1. The zero-order valence-corrected chi connectivity index (χ0v) is 21.0. The van der Waals surface area contributed by atoms with Crippen LogP contribution in [0.25, 0.3) is 0 Å². The van der Waals surface area contributed by atoms with Gasteiger partial charge in [-0.15, -0.1) is 0 Å². The molecule has 1 atom stereocenters. The van der Waals surface area contributed by atoms with E-state index in [9.17, 15) is 9.90 Å². The normalized spacial score (nSPS) is 14.9. The van der Waals surface area contributed by atoms with Crippen LogP contribution in [0.2, 0.25) is 18.1 Å². The Morgan fingerprint density at radius 3 is 2.07 bits per heavy atom. The van der Waals surface area contributed by atoms with Gasteiger partial charge in [0.05, 0.1) is 13.2 Å². The lowest BCUT2D eigenvalue weighted by Crippen LogP contribution is -2.53. The number of aliphatic hydroxyl groups is 2. The summed E-state index contributed by atoms with van der Waals surface area (Å²) < 4.78 is 11.5. The van der Waals surface area contributed by atoms with Gasteiger partial charge in [0.25, 0.3) is 0 Å². The molecule has 2 N–H and O–H groups in total. The molecule has 1 aromatic carbocycles. The van der Waals surface area contributed by atoms with Crippen LogP contribution in [0, 0.1) is 0 Å². The largest absolute Gasteiger partial charge is 0.447 e. The van der Waals surface area contributed by atoms with Gasteiger partial charge < -0.3 is 24.3 Å². The summed E-state index contributed by atoms with van der Waals surface area (Å²) in [6, 6.07) is 9.38. The molecule has 0 spiro atoms. The Morgan fingerprint density at radius 2 is 1.60 bits per heavy atom. The lowest BCUT2D eigenvalue weighted by atomic mass is 9.88. The second-order valence-corrected chi connectivity index (χ2v) is 15.2. The number of benzene rings is 1. The average molecular weight is 440 g/mol. The molecule has 0 radical (unpaired) electrons. The van der Waals surface area contributed by atoms with Gasteiger partial charge in [0.2, 0.25) is 0 Å². The SMILES string of the molecule is CC(C)(C)N(CC(O)(CCO[Si](C)(C)C(C)(C)C)c1ccccc1)C(=O)OCCO. The summed E-state index contributed by atoms with van der Waals surface area (Å²) in [6.07, 6.45) is -0.208. The average Bonchev–Trinajstić information content (AvgIpc) is 2.63. The second kappa shape index (κ2) is 10.3. The van der Waals surface area contributed by atoms with Crippen LogP contribution in [-0.2, 0) is 14.8 Å². The first-order valence-corrected chi connectivity index (χ1v) is 13.5. The fourth-order valence-electron chi connectivity index (χ4n) is 2.80. The molecule has 0 bridgehead atoms. The Kier molecular flexibility index (Phi) is 9.11. The molecule has 30 heavy (non-hydrogen) atoms. The quantitative estimate of drug-likeness (QED) is 0.553. The van der Waals surface area contributed by atoms with E-state index in [1.54, 1.807) is 0 Å². The van der Waals surface area contributed by atoms with Crippen molar-refractivity contribution in [2.24, 2.45) is 0 Å². The number of carbonyl (C=O) groups excluding carboxylic acids is 1. The first-order chi connectivity index (χ1) is 13.6. The van der Waals surface area contributed by atoms with Crippen LogP contribution in [-0.4, -0.2) is 61.4 Å². The minimum atomic E-state index is -1.97. The maximum atomic E-state index is 12.7. The van der Waals surface area contributed by atoms with E-state index in [1.807, 2.05) is 51.1 Å². The fourth-order valence-corrected chi connectivity index (χ4v) is 3.85. The smallest absolute Gasteiger partial charge is 0.410 e. The Hall–Kier alpha value is -1.41. The molecule has 0 heterocycles. The van der Waals surface area contributed by atoms with Gasteiger partial charge in [0.15, 0.2) is 8.32 Å². The van der Waals surface area contributed by atoms with Crippen LogP contribution >= 0.6 is 0 Å². The molecule has 0 saturated heterocycles. The van der Waals surface area contributed by atoms with Crippen molar-refractivity contribution in [1.29, 1.82) is 0 Å². The van der Waals surface area contributed by atoms with Gasteiger partial charge in [0, 0.05) is 18.6 Å². The molecule has 0 aliphatic rings. The first-order valence-electron chi connectivity index (χ1n) is 10.6. The third kappa shape index (κ3) is 7.37. The Bertz CT molecular complexity index is 666. The molecule has 1 aromatic rings. The van der Waals surface area contributed by atoms with Crippen molar-refractivity contribution >= 4 is 14.4 Å². The van der Waals surface area contributed by atoms with Crippen molar-refractivity contribution in [3.8, 4) is 0 Å². The summed E-state index contributed by atoms with van der Waals surface area (Å²) >= 11 is 0. The number of amides is 1. The Balaban J connectivity index is 3.14. The van der Waals surface area contributed by atoms with E-state index in [0.29, 0.717) is 13.0 Å². The maximum absolute atomic E-state index is 12.7. The van der Waals surface area contributed by atoms with Crippen LogP contribution in [0.5, 0.6) is 0 Å². The van der Waals surface area contributed by atoms with Crippen molar-refractivity contribution in [3.05, 3.63) is 35.9 Å². The van der Waals surface area contributed by atoms with E-state index in [0.717, 1.165) is 5.56 Å². The first kappa shape index (κ1) is 26.6. The van der Waals surface area contributed by atoms with Crippen molar-refractivity contribution in [2.75, 3.05) is 26.4 Å². The van der Waals surface area contributed by atoms with Gasteiger partial charge in [0.1, 0.15) is 12.2 Å². The predicted molar refractivity (Wildman–Crippen MR) is 123 cm³/mol. The molecular formula is C23H41NO5Si. The Labute approximate surface area is 183 Å². The van der Waals surface area contributed by atoms with Crippen LogP contribution in [0.3, 0.4) is 0 Å². The number of rotatable bonds is 9. The summed E-state index contributed by atoms with van der Waals surface area (Å²) in [5, 5.41) is 20.8. The molecule has 0 fully saturated rings. The van der Waals surface area contributed by atoms with Crippen LogP contribution in [0.1, 0.15) is 53.5 Å². The lowest BCUT2D eigenvalue weighted by Gasteiger charge is -2.42. The number of aliphatic hydroxyl groups excluding tert-OH is 1. The molecule has 6 nitrogen and oxygen atoms in total. The number of hydrogen-bond acceptors (Lipinski definition) is 5. The van der Waals surface area contributed by atoms with Crippen LogP contribution in [0.15, 0.2) is 30.3 Å². The van der Waals surface area contributed by atoms with Crippen molar-refractivity contribution in [1.82, 2.24) is 4.90 Å². The minimum absolute atomic E-state index is 0.0611. The zero-order chi connectivity index (χ0) is 23.2. The second-order valence-electron chi connectivity index (χ2n) is 10.4. The van der Waals surface area contributed by atoms with E-state index < -0.39 is 25.6 Å². The lowest BCUT2D eigenvalue weighted by molar-refractivity contribution is -0.0399. The van der Waals surface area contributed by atoms with Crippen molar-refractivity contribution in [2.45, 2.75) is 77.2 Å². The summed E-state index contributed by atoms with van der Waals surface area (Å²) in [5.41, 5.74) is -1.14. The van der Waals surface area contributed by atoms with Crippen molar-refractivity contribution in [3.63, 3.8) is 0 Å². The highest BCUT2D eigenvalue weighted by atomic mass is 28.4. The molecule has 0 saturated carbocycles. The van der Waals surface area contributed by atoms with E-state index in [4.69, 9.17) is 14.3 Å². The highest BCUT2D eigenvalue weighted by Crippen LogP contribution is 2.37. The summed E-state index contributed by atoms with van der Waals surface area (Å²) in [5.74, 6) is 0. The molecule has 0 aromatic heterocycles. The van der Waals surface area contributed by atoms with Gasteiger partial charge in [-0.3, -0.25) is 0 Å². The molecule has 172 valence electrons. The van der Waals surface area contributed by atoms with Gasteiger partial charge in [-0.05, 0) is 44.5 Å². The Morgan fingerprint density at radius 1 is 1.03 bits per heavy atom. The van der Waals surface area contributed by atoms with E-state index in [2.05, 4.69) is 33.9 Å². The van der Waals surface area contributed by atoms with E-state index >= 15 is 0 Å². The molecular weight excluding hydrogens is 398 g/mol. The summed E-state index contributed by atoms with van der Waals surface area (Å²) in [6.45, 7) is 16.7. The topological polar surface area (TPSA) is 79.2 Å². The molecule has 1 amide bonds. The monoisotopic (exact) mass is 439 g/mol. The van der Waals surface area contributed by atoms with Gasteiger partial charge >= 0.3 is 6.09 Å². The summed E-state index contributed by atoms with van der Waals surface area (Å²) in [4.78, 5) is 14.2. The standard InChI is InChI=1S/C23H41NO5Si/c1-21(2,3)24(20(26)28-17-15-25)18-23(27,19-12-10-9-11-13-19)14-16-29-30(7,8)22(4,5)6/h9-13,25,27H,14-18H2,1-8H3. The molecule has 0 aliphatic heterocycles. The third-order valence-electron chi connectivity index (χ3n) is 5.86. The number of carbonyl (C=O) groups is 1. The van der Waals surface area contributed by atoms with E-state index in [1.165, 1.54) is 4.90 Å². The van der Waals surface area contributed by atoms with Crippen molar-refractivity contribution < 1.29 is 24.2 Å². The highest BCUT2D eigenvalue weighted by molar-refractivity contribution is 6.74. The number of β-amino-alcohol motifs (C(OH)–C–C–N with tert-alkyl or cyclic N) is 1. The molecule has 0 aliphatic carbocycles. The van der Waals surface area contributed by atoms with E-state index in [-0.39, 0.29) is 24.8 Å². The molecule has 1 rings (SSSR count). The highest BCUT2D eigenvalue weighted by Gasteiger charge is 2.41. The van der Waals surface area contributed by atoms with Gasteiger partial charge in [-0.25, -0.2) is 4.79 Å². The summed E-state index contributed by atoms with van der Waals surface area (Å²) in [7, 11) is -1.97. The van der Waals surface area contributed by atoms with Gasteiger partial charge in [-0.1, -0.05) is 51.1 Å². The van der Waals surface area contributed by atoms with Crippen LogP contribution in [0.4, 0.5) is 4.79 Å². The molecule has 1 unspecified atom stereocenters. The number of nitrogens with zero attached hydrogens (tertiary/aromatic N) is 1. The predicted octanol–water partition coefficient (Wildman–Crippen LogP) is 4.52.